The fraction of sp³-hybridized carbons (Fsp3) is 0.647. The lowest BCUT2D eigenvalue weighted by molar-refractivity contribution is 0.0608. The SMILES string of the molecule is CC(C)(C(NN)c1ccc2c(c1)CCO2)N1CCCCC1. The lowest BCUT2D eigenvalue weighted by atomic mass is 9.85. The number of nitrogens with two attached hydrogens (primary N) is 1. The zero-order valence-electron chi connectivity index (χ0n) is 13.2. The topological polar surface area (TPSA) is 50.5 Å². The third-order valence-electron chi connectivity index (χ3n) is 5.09. The molecule has 1 atom stereocenters. The van der Waals surface area contributed by atoms with Crippen molar-refractivity contribution < 1.29 is 4.74 Å². The maximum Gasteiger partial charge on any atom is 0.122 e. The van der Waals surface area contributed by atoms with Crippen molar-refractivity contribution in [2.24, 2.45) is 5.84 Å². The molecule has 1 fully saturated rings. The summed E-state index contributed by atoms with van der Waals surface area (Å²) in [5, 5.41) is 0. The Bertz CT molecular complexity index is 495. The van der Waals surface area contributed by atoms with Gasteiger partial charge in [-0.2, -0.15) is 0 Å². The molecule has 0 saturated carbocycles. The lowest BCUT2D eigenvalue weighted by Crippen LogP contribution is -2.55. The molecule has 1 saturated heterocycles. The largest absolute Gasteiger partial charge is 0.493 e. The second-order valence-electron chi connectivity index (χ2n) is 6.77. The van der Waals surface area contributed by atoms with Crippen LogP contribution in [0.25, 0.3) is 0 Å². The molecule has 0 amide bonds. The molecular formula is C17H27N3O. The van der Waals surface area contributed by atoms with Gasteiger partial charge in [0.2, 0.25) is 0 Å². The number of hydrogen-bond donors (Lipinski definition) is 2. The van der Waals surface area contributed by atoms with Gasteiger partial charge in [0.25, 0.3) is 0 Å². The highest BCUT2D eigenvalue weighted by atomic mass is 16.5. The highest BCUT2D eigenvalue weighted by Gasteiger charge is 2.36. The van der Waals surface area contributed by atoms with Crippen LogP contribution in [0, 0.1) is 0 Å². The molecule has 21 heavy (non-hydrogen) atoms. The first-order valence-electron chi connectivity index (χ1n) is 8.10. The Morgan fingerprint density at radius 1 is 1.24 bits per heavy atom. The highest BCUT2D eigenvalue weighted by Crippen LogP contribution is 2.35. The van der Waals surface area contributed by atoms with Crippen molar-refractivity contribution in [1.82, 2.24) is 10.3 Å². The number of nitrogens with one attached hydrogen (secondary N) is 1. The number of hydrogen-bond acceptors (Lipinski definition) is 4. The monoisotopic (exact) mass is 289 g/mol. The minimum Gasteiger partial charge on any atom is -0.493 e. The van der Waals surface area contributed by atoms with Crippen LogP contribution in [0.2, 0.25) is 0 Å². The van der Waals surface area contributed by atoms with Crippen molar-refractivity contribution >= 4 is 0 Å². The molecule has 1 aromatic rings. The average Bonchev–Trinajstić information content (AvgIpc) is 2.96. The Morgan fingerprint density at radius 2 is 2.00 bits per heavy atom. The Morgan fingerprint density at radius 3 is 2.71 bits per heavy atom. The van der Waals surface area contributed by atoms with Crippen molar-refractivity contribution in [3.8, 4) is 5.75 Å². The van der Waals surface area contributed by atoms with E-state index in [-0.39, 0.29) is 11.6 Å². The van der Waals surface area contributed by atoms with Gasteiger partial charge in [-0.1, -0.05) is 18.6 Å². The molecule has 4 heteroatoms. The minimum absolute atomic E-state index is 0.00285. The predicted molar refractivity (Wildman–Crippen MR) is 85.2 cm³/mol. The normalized spacial score (nSPS) is 20.9. The van der Waals surface area contributed by atoms with E-state index < -0.39 is 0 Å². The van der Waals surface area contributed by atoms with Crippen LogP contribution in [-0.2, 0) is 6.42 Å². The van der Waals surface area contributed by atoms with Crippen LogP contribution in [0.15, 0.2) is 18.2 Å². The van der Waals surface area contributed by atoms with Crippen LogP contribution in [0.1, 0.15) is 50.3 Å². The summed E-state index contributed by atoms with van der Waals surface area (Å²) >= 11 is 0. The molecule has 1 aromatic carbocycles. The molecule has 2 aliphatic heterocycles. The Hall–Kier alpha value is -1.10. The summed E-state index contributed by atoms with van der Waals surface area (Å²) in [5.41, 5.74) is 5.64. The molecule has 2 aliphatic rings. The Kier molecular flexibility index (Phi) is 4.20. The third kappa shape index (κ3) is 2.80. The van der Waals surface area contributed by atoms with E-state index in [4.69, 9.17) is 10.6 Å². The van der Waals surface area contributed by atoms with E-state index in [0.717, 1.165) is 18.8 Å². The quantitative estimate of drug-likeness (QED) is 0.660. The van der Waals surface area contributed by atoms with Crippen LogP contribution >= 0.6 is 0 Å². The van der Waals surface area contributed by atoms with E-state index in [1.807, 2.05) is 0 Å². The fourth-order valence-corrected chi connectivity index (χ4v) is 3.75. The van der Waals surface area contributed by atoms with Gasteiger partial charge in [0.05, 0.1) is 12.6 Å². The van der Waals surface area contributed by atoms with Gasteiger partial charge in [0.1, 0.15) is 5.75 Å². The number of hydrazine groups is 1. The first kappa shape index (κ1) is 14.8. The summed E-state index contributed by atoms with van der Waals surface area (Å²) in [6, 6.07) is 6.63. The van der Waals surface area contributed by atoms with Crippen molar-refractivity contribution in [3.05, 3.63) is 29.3 Å². The zero-order chi connectivity index (χ0) is 14.9. The molecule has 3 rings (SSSR count). The van der Waals surface area contributed by atoms with Crippen LogP contribution < -0.4 is 16.0 Å². The minimum atomic E-state index is 0.00285. The number of benzene rings is 1. The molecule has 0 aliphatic carbocycles. The maximum atomic E-state index is 5.93. The number of ether oxygens (including phenoxy) is 1. The van der Waals surface area contributed by atoms with Crippen LogP contribution in [0.4, 0.5) is 0 Å². The summed E-state index contributed by atoms with van der Waals surface area (Å²) in [6.07, 6.45) is 4.94. The Balaban J connectivity index is 1.86. The molecule has 1 unspecified atom stereocenters. The van der Waals surface area contributed by atoms with E-state index in [1.165, 1.54) is 43.5 Å². The van der Waals surface area contributed by atoms with Crippen molar-refractivity contribution in [3.63, 3.8) is 0 Å². The first-order chi connectivity index (χ1) is 10.1. The first-order valence-corrected chi connectivity index (χ1v) is 8.10. The predicted octanol–water partition coefficient (Wildman–Crippen LogP) is 2.39. The van der Waals surface area contributed by atoms with Crippen molar-refractivity contribution in [2.45, 2.75) is 51.1 Å². The molecular weight excluding hydrogens is 262 g/mol. The number of fused-ring (bicyclic) bond motifs is 1. The second-order valence-corrected chi connectivity index (χ2v) is 6.77. The summed E-state index contributed by atoms with van der Waals surface area (Å²) in [4.78, 5) is 2.57. The molecule has 0 radical (unpaired) electrons. The van der Waals surface area contributed by atoms with Gasteiger partial charge in [-0.25, -0.2) is 0 Å². The smallest absolute Gasteiger partial charge is 0.122 e. The van der Waals surface area contributed by atoms with Crippen molar-refractivity contribution in [2.75, 3.05) is 19.7 Å². The van der Waals surface area contributed by atoms with Gasteiger partial charge in [0, 0.05) is 12.0 Å². The summed E-state index contributed by atoms with van der Waals surface area (Å²) in [6.45, 7) is 7.73. The molecule has 4 nitrogen and oxygen atoms in total. The number of piperidine rings is 1. The number of likely N-dealkylation sites (tertiary alicyclic amines) is 1. The summed E-state index contributed by atoms with van der Waals surface area (Å²) < 4.78 is 5.61. The second kappa shape index (κ2) is 5.95. The number of rotatable bonds is 4. The van der Waals surface area contributed by atoms with Gasteiger partial charge in [-0.05, 0) is 57.0 Å². The average molecular weight is 289 g/mol. The van der Waals surface area contributed by atoms with Crippen LogP contribution in [-0.4, -0.2) is 30.1 Å². The van der Waals surface area contributed by atoms with E-state index in [1.54, 1.807) is 0 Å². The van der Waals surface area contributed by atoms with Gasteiger partial charge in [-0.15, -0.1) is 0 Å². The molecule has 2 heterocycles. The molecule has 116 valence electrons. The molecule has 0 spiro atoms. The molecule has 3 N–H and O–H groups in total. The van der Waals surface area contributed by atoms with Gasteiger partial charge >= 0.3 is 0 Å². The van der Waals surface area contributed by atoms with E-state index in [0.29, 0.717) is 0 Å². The summed E-state index contributed by atoms with van der Waals surface area (Å²) in [7, 11) is 0. The van der Waals surface area contributed by atoms with Gasteiger partial charge in [0.15, 0.2) is 0 Å². The molecule has 0 bridgehead atoms. The van der Waals surface area contributed by atoms with E-state index >= 15 is 0 Å². The van der Waals surface area contributed by atoms with Gasteiger partial charge in [-0.3, -0.25) is 16.2 Å². The maximum absolute atomic E-state index is 5.93. The highest BCUT2D eigenvalue weighted by molar-refractivity contribution is 5.41. The standard InChI is InChI=1S/C17H27N3O/c1-17(2,20-9-4-3-5-10-20)16(19-18)14-6-7-15-13(12-14)8-11-21-15/h6-7,12,16,19H,3-5,8-11,18H2,1-2H3. The van der Waals surface area contributed by atoms with E-state index in [9.17, 15) is 0 Å². The molecule has 0 aromatic heterocycles. The van der Waals surface area contributed by atoms with Crippen molar-refractivity contribution in [1.29, 1.82) is 0 Å². The third-order valence-corrected chi connectivity index (χ3v) is 5.09. The van der Waals surface area contributed by atoms with E-state index in [2.05, 4.69) is 42.4 Å². The fourth-order valence-electron chi connectivity index (χ4n) is 3.75. The van der Waals surface area contributed by atoms with Crippen LogP contribution in [0.3, 0.4) is 0 Å². The Labute approximate surface area is 127 Å². The van der Waals surface area contributed by atoms with Crippen LogP contribution in [0.5, 0.6) is 5.75 Å². The summed E-state index contributed by atoms with van der Waals surface area (Å²) in [5.74, 6) is 6.97. The zero-order valence-corrected chi connectivity index (χ0v) is 13.2. The van der Waals surface area contributed by atoms with Gasteiger partial charge < -0.3 is 4.74 Å². The lowest BCUT2D eigenvalue weighted by Gasteiger charge is -2.46. The number of nitrogens with zero attached hydrogens (tertiary/aromatic N) is 1.